The van der Waals surface area contributed by atoms with Crippen molar-refractivity contribution in [1.29, 1.82) is 0 Å². The van der Waals surface area contributed by atoms with E-state index >= 15 is 0 Å². The molecule has 0 amide bonds. The first-order chi connectivity index (χ1) is 12.0. The van der Waals surface area contributed by atoms with Gasteiger partial charge in [0, 0.05) is 5.56 Å². The summed E-state index contributed by atoms with van der Waals surface area (Å²) in [5.41, 5.74) is 3.77. The van der Waals surface area contributed by atoms with Crippen LogP contribution in [0.1, 0.15) is 45.1 Å². The van der Waals surface area contributed by atoms with Crippen LogP contribution in [0, 0.1) is 20.8 Å². The molecule has 1 aliphatic heterocycles. The molecule has 25 heavy (non-hydrogen) atoms. The Labute approximate surface area is 145 Å². The summed E-state index contributed by atoms with van der Waals surface area (Å²) in [6.07, 6.45) is -0.0316. The van der Waals surface area contributed by atoms with Crippen molar-refractivity contribution < 1.29 is 13.9 Å². The van der Waals surface area contributed by atoms with Crippen LogP contribution in [-0.2, 0) is 0 Å². The Hall–Kier alpha value is -2.88. The van der Waals surface area contributed by atoms with Crippen molar-refractivity contribution in [1.82, 2.24) is 0 Å². The van der Waals surface area contributed by atoms with Gasteiger partial charge in [-0.15, -0.1) is 0 Å². The topological polar surface area (TPSA) is 56.5 Å². The number of rotatable bonds is 1. The number of aryl methyl sites for hydroxylation is 2. The largest absolute Gasteiger partial charge is 0.484 e. The predicted octanol–water partition coefficient (Wildman–Crippen LogP) is 4.42. The molecule has 4 nitrogen and oxygen atoms in total. The van der Waals surface area contributed by atoms with Gasteiger partial charge in [0.15, 0.2) is 5.78 Å². The summed E-state index contributed by atoms with van der Waals surface area (Å²) in [4.78, 5) is 24.8. The second-order valence-electron chi connectivity index (χ2n) is 6.55. The Bertz CT molecular complexity index is 1060. The summed E-state index contributed by atoms with van der Waals surface area (Å²) in [6, 6.07) is 11.5. The SMILES string of the molecule is Cc1cc2oc(=O)c(C)c(C)c2c2c1C(=O)C[C@@H](c1ccccc1)O2. The number of Topliss-reactive ketones (excluding diaryl/α,β-unsaturated/α-hetero) is 1. The van der Waals surface area contributed by atoms with Crippen LogP contribution in [0.25, 0.3) is 11.0 Å². The van der Waals surface area contributed by atoms with E-state index in [0.29, 0.717) is 34.3 Å². The van der Waals surface area contributed by atoms with Crippen LogP contribution in [0.3, 0.4) is 0 Å². The lowest BCUT2D eigenvalue weighted by Crippen LogP contribution is -2.22. The molecular weight excluding hydrogens is 316 g/mol. The van der Waals surface area contributed by atoms with Crippen molar-refractivity contribution in [3.63, 3.8) is 0 Å². The Morgan fingerprint density at radius 2 is 1.72 bits per heavy atom. The molecule has 0 unspecified atom stereocenters. The minimum absolute atomic E-state index is 0.0535. The molecule has 3 aromatic rings. The maximum Gasteiger partial charge on any atom is 0.339 e. The molecule has 0 bridgehead atoms. The van der Waals surface area contributed by atoms with E-state index in [-0.39, 0.29) is 17.5 Å². The summed E-state index contributed by atoms with van der Waals surface area (Å²) in [5.74, 6) is 0.585. The molecule has 0 aliphatic carbocycles. The van der Waals surface area contributed by atoms with Crippen molar-refractivity contribution >= 4 is 16.8 Å². The fourth-order valence-corrected chi connectivity index (χ4v) is 3.48. The lowest BCUT2D eigenvalue weighted by molar-refractivity contribution is 0.0852. The first-order valence-electron chi connectivity index (χ1n) is 8.29. The first kappa shape index (κ1) is 15.6. The van der Waals surface area contributed by atoms with Gasteiger partial charge in [-0.3, -0.25) is 4.79 Å². The lowest BCUT2D eigenvalue weighted by Gasteiger charge is -2.28. The molecule has 2 aromatic carbocycles. The number of ether oxygens (including phenoxy) is 1. The minimum atomic E-state index is -0.355. The summed E-state index contributed by atoms with van der Waals surface area (Å²) in [5, 5.41) is 0.715. The van der Waals surface area contributed by atoms with E-state index in [1.165, 1.54) is 0 Å². The van der Waals surface area contributed by atoms with Crippen molar-refractivity contribution in [2.24, 2.45) is 0 Å². The van der Waals surface area contributed by atoms with Crippen molar-refractivity contribution in [2.75, 3.05) is 0 Å². The van der Waals surface area contributed by atoms with Gasteiger partial charge in [0.25, 0.3) is 0 Å². The van der Waals surface area contributed by atoms with E-state index in [1.807, 2.05) is 44.2 Å². The average Bonchev–Trinajstić information content (AvgIpc) is 2.59. The zero-order valence-corrected chi connectivity index (χ0v) is 14.4. The molecular formula is C21H18O4. The molecule has 0 spiro atoms. The Morgan fingerprint density at radius 3 is 2.44 bits per heavy atom. The van der Waals surface area contributed by atoms with Gasteiger partial charge in [-0.1, -0.05) is 30.3 Å². The summed E-state index contributed by atoms with van der Waals surface area (Å²) in [7, 11) is 0. The van der Waals surface area contributed by atoms with Gasteiger partial charge in [0.2, 0.25) is 0 Å². The molecule has 2 heterocycles. The monoisotopic (exact) mass is 334 g/mol. The van der Waals surface area contributed by atoms with Gasteiger partial charge in [-0.25, -0.2) is 4.79 Å². The van der Waals surface area contributed by atoms with Crippen molar-refractivity contribution in [3.05, 3.63) is 74.6 Å². The van der Waals surface area contributed by atoms with E-state index in [2.05, 4.69) is 0 Å². The molecule has 1 aliphatic rings. The molecule has 0 saturated heterocycles. The molecule has 1 atom stereocenters. The molecule has 0 saturated carbocycles. The van der Waals surface area contributed by atoms with E-state index < -0.39 is 0 Å². The third kappa shape index (κ3) is 2.37. The first-order valence-corrected chi connectivity index (χ1v) is 8.29. The van der Waals surface area contributed by atoms with E-state index in [9.17, 15) is 9.59 Å². The Kier molecular flexibility index (Phi) is 3.49. The fourth-order valence-electron chi connectivity index (χ4n) is 3.48. The second-order valence-corrected chi connectivity index (χ2v) is 6.55. The third-order valence-electron chi connectivity index (χ3n) is 4.97. The van der Waals surface area contributed by atoms with Gasteiger partial charge in [-0.2, -0.15) is 0 Å². The summed E-state index contributed by atoms with van der Waals surface area (Å²) >= 11 is 0. The van der Waals surface area contributed by atoms with E-state index in [4.69, 9.17) is 9.15 Å². The third-order valence-corrected chi connectivity index (χ3v) is 4.97. The summed E-state index contributed by atoms with van der Waals surface area (Å²) in [6.45, 7) is 5.44. The normalized spacial score (nSPS) is 16.6. The summed E-state index contributed by atoms with van der Waals surface area (Å²) < 4.78 is 11.7. The van der Waals surface area contributed by atoms with Crippen LogP contribution < -0.4 is 10.4 Å². The van der Waals surface area contributed by atoms with Crippen molar-refractivity contribution in [2.45, 2.75) is 33.3 Å². The van der Waals surface area contributed by atoms with Gasteiger partial charge >= 0.3 is 5.63 Å². The minimum Gasteiger partial charge on any atom is -0.484 e. The van der Waals surface area contributed by atoms with Crippen LogP contribution >= 0.6 is 0 Å². The predicted molar refractivity (Wildman–Crippen MR) is 95.5 cm³/mol. The van der Waals surface area contributed by atoms with E-state index in [0.717, 1.165) is 16.7 Å². The number of carbonyl (C=O) groups excluding carboxylic acids is 1. The highest BCUT2D eigenvalue weighted by molar-refractivity contribution is 6.07. The van der Waals surface area contributed by atoms with E-state index in [1.54, 1.807) is 13.0 Å². The lowest BCUT2D eigenvalue weighted by atomic mass is 9.90. The average molecular weight is 334 g/mol. The molecule has 126 valence electrons. The van der Waals surface area contributed by atoms with Gasteiger partial charge in [-0.05, 0) is 43.5 Å². The quantitative estimate of drug-likeness (QED) is 0.618. The number of fused-ring (bicyclic) bond motifs is 3. The highest BCUT2D eigenvalue weighted by Crippen LogP contribution is 2.42. The molecule has 4 heteroatoms. The van der Waals surface area contributed by atoms with Gasteiger partial charge in [0.1, 0.15) is 17.4 Å². The molecule has 0 N–H and O–H groups in total. The Balaban J connectivity index is 2.00. The highest BCUT2D eigenvalue weighted by atomic mass is 16.5. The number of hydrogen-bond acceptors (Lipinski definition) is 4. The molecule has 0 radical (unpaired) electrons. The Morgan fingerprint density at radius 1 is 1.00 bits per heavy atom. The number of ketones is 1. The van der Waals surface area contributed by atoms with Crippen LogP contribution in [0.15, 0.2) is 45.6 Å². The van der Waals surface area contributed by atoms with Crippen LogP contribution in [0.5, 0.6) is 5.75 Å². The van der Waals surface area contributed by atoms with Crippen LogP contribution in [0.2, 0.25) is 0 Å². The smallest absolute Gasteiger partial charge is 0.339 e. The molecule has 1 aromatic heterocycles. The van der Waals surface area contributed by atoms with Crippen molar-refractivity contribution in [3.8, 4) is 5.75 Å². The van der Waals surface area contributed by atoms with Gasteiger partial charge in [0.05, 0.1) is 17.4 Å². The highest BCUT2D eigenvalue weighted by Gasteiger charge is 2.32. The maximum absolute atomic E-state index is 12.8. The number of hydrogen-bond donors (Lipinski definition) is 0. The standard InChI is InChI=1S/C21H18O4/c1-11-9-17-19(12(2)13(3)21(23)25-17)20-18(11)15(22)10-16(24-20)14-7-5-4-6-8-14/h4-9,16H,10H2,1-3H3/t16-/m0/s1. The van der Waals surface area contributed by atoms with Gasteiger partial charge < -0.3 is 9.15 Å². The second kappa shape index (κ2) is 5.59. The molecule has 0 fully saturated rings. The molecule has 4 rings (SSSR count). The fraction of sp³-hybridized carbons (Fsp3) is 0.238. The van der Waals surface area contributed by atoms with Crippen LogP contribution in [0.4, 0.5) is 0 Å². The van der Waals surface area contributed by atoms with Crippen LogP contribution in [-0.4, -0.2) is 5.78 Å². The zero-order chi connectivity index (χ0) is 17.7. The number of carbonyl (C=O) groups is 1. The number of benzene rings is 2. The maximum atomic E-state index is 12.8. The zero-order valence-electron chi connectivity index (χ0n) is 14.4.